The first-order chi connectivity index (χ1) is 15.0. The molecule has 0 saturated carbocycles. The van der Waals surface area contributed by atoms with E-state index in [1.807, 2.05) is 30.5 Å². The van der Waals surface area contributed by atoms with Gasteiger partial charge in [-0.2, -0.15) is 0 Å². The summed E-state index contributed by atoms with van der Waals surface area (Å²) in [4.78, 5) is 36.5. The summed E-state index contributed by atoms with van der Waals surface area (Å²) in [7, 11) is 1.29. The number of hydrogen-bond acceptors (Lipinski definition) is 8. The van der Waals surface area contributed by atoms with Crippen molar-refractivity contribution in [2.24, 2.45) is 15.7 Å². The maximum Gasteiger partial charge on any atom is 0.339 e. The average Bonchev–Trinajstić information content (AvgIpc) is 3.21. The maximum absolute atomic E-state index is 12.5. The third-order valence-electron chi connectivity index (χ3n) is 4.58. The summed E-state index contributed by atoms with van der Waals surface area (Å²) >= 11 is 1.19. The Morgan fingerprint density at radius 3 is 2.77 bits per heavy atom. The Balaban J connectivity index is 1.45. The molecule has 4 rings (SSSR count). The van der Waals surface area contributed by atoms with Crippen molar-refractivity contribution < 1.29 is 14.3 Å². The van der Waals surface area contributed by atoms with E-state index in [2.05, 4.69) is 25.6 Å². The molecular weight excluding hydrogens is 416 g/mol. The lowest BCUT2D eigenvalue weighted by Crippen LogP contribution is -2.39. The van der Waals surface area contributed by atoms with Crippen LogP contribution in [0.15, 0.2) is 64.7 Å². The van der Waals surface area contributed by atoms with Crippen LogP contribution in [0.4, 0.5) is 5.69 Å². The van der Waals surface area contributed by atoms with E-state index in [-0.39, 0.29) is 23.2 Å². The molecule has 1 aliphatic rings. The molecular formula is C21H20N6O3S. The second-order valence-electron chi connectivity index (χ2n) is 6.61. The van der Waals surface area contributed by atoms with Crippen LogP contribution in [0, 0.1) is 0 Å². The number of rotatable bonds is 5. The van der Waals surface area contributed by atoms with E-state index in [0.717, 1.165) is 16.5 Å². The van der Waals surface area contributed by atoms with Gasteiger partial charge in [-0.25, -0.2) is 14.8 Å². The van der Waals surface area contributed by atoms with Gasteiger partial charge in [0.25, 0.3) is 0 Å². The second kappa shape index (κ2) is 8.92. The Morgan fingerprint density at radius 1 is 1.16 bits per heavy atom. The van der Waals surface area contributed by atoms with Gasteiger partial charge in [0.15, 0.2) is 17.3 Å². The minimum absolute atomic E-state index is 0.0647. The fourth-order valence-electron chi connectivity index (χ4n) is 3.17. The first-order valence-electron chi connectivity index (χ1n) is 9.39. The van der Waals surface area contributed by atoms with Gasteiger partial charge in [-0.15, -0.1) is 0 Å². The quantitative estimate of drug-likeness (QED) is 0.454. The van der Waals surface area contributed by atoms with Crippen molar-refractivity contribution in [2.45, 2.75) is 6.17 Å². The number of nitrogens with one attached hydrogen (secondary N) is 3. The van der Waals surface area contributed by atoms with Gasteiger partial charge in [0, 0.05) is 22.7 Å². The zero-order valence-electron chi connectivity index (χ0n) is 16.6. The largest absolute Gasteiger partial charge is 0.465 e. The first-order valence-corrected chi connectivity index (χ1v) is 10.4. The highest BCUT2D eigenvalue weighted by Crippen LogP contribution is 2.29. The lowest BCUT2D eigenvalue weighted by Gasteiger charge is -2.18. The van der Waals surface area contributed by atoms with Gasteiger partial charge in [-0.3, -0.25) is 4.79 Å². The van der Waals surface area contributed by atoms with E-state index in [9.17, 15) is 9.59 Å². The van der Waals surface area contributed by atoms with Gasteiger partial charge in [0.1, 0.15) is 0 Å². The molecule has 1 aliphatic heterocycles. The molecule has 0 saturated heterocycles. The molecule has 0 aliphatic carbocycles. The van der Waals surface area contributed by atoms with Gasteiger partial charge >= 0.3 is 5.97 Å². The van der Waals surface area contributed by atoms with Crippen LogP contribution in [0.1, 0.15) is 22.1 Å². The highest BCUT2D eigenvalue weighted by atomic mass is 32.2. The highest BCUT2D eigenvalue weighted by Gasteiger charge is 2.21. The lowest BCUT2D eigenvalue weighted by atomic mass is 10.1. The Bertz CT molecular complexity index is 1200. The van der Waals surface area contributed by atoms with Crippen LogP contribution in [-0.4, -0.2) is 40.9 Å². The molecule has 2 heterocycles. The molecule has 10 heteroatoms. The van der Waals surface area contributed by atoms with E-state index >= 15 is 0 Å². The number of guanidine groups is 1. The summed E-state index contributed by atoms with van der Waals surface area (Å²) in [5.41, 5.74) is 8.50. The van der Waals surface area contributed by atoms with Gasteiger partial charge in [-0.05, 0) is 18.2 Å². The SMILES string of the molecule is COC(=O)c1ccccc1NC(=O)CSC1=NC(c2c[nH]c3ccccc23)N=C(N)N1. The van der Waals surface area contributed by atoms with Crippen LogP contribution < -0.4 is 16.4 Å². The van der Waals surface area contributed by atoms with Crippen molar-refractivity contribution in [1.82, 2.24) is 10.3 Å². The minimum Gasteiger partial charge on any atom is -0.465 e. The maximum atomic E-state index is 12.5. The molecule has 1 unspecified atom stereocenters. The molecule has 1 amide bonds. The van der Waals surface area contributed by atoms with Gasteiger partial charge < -0.3 is 26.1 Å². The third kappa shape index (κ3) is 4.53. The third-order valence-corrected chi connectivity index (χ3v) is 5.47. The number of thioether (sulfide) groups is 1. The van der Waals surface area contributed by atoms with Crippen molar-refractivity contribution in [3.8, 4) is 0 Å². The van der Waals surface area contributed by atoms with E-state index in [1.165, 1.54) is 18.9 Å². The summed E-state index contributed by atoms with van der Waals surface area (Å²) in [5.74, 6) is -0.526. The molecule has 158 valence electrons. The summed E-state index contributed by atoms with van der Waals surface area (Å²) in [6, 6.07) is 14.5. The van der Waals surface area contributed by atoms with Crippen LogP contribution >= 0.6 is 11.8 Å². The van der Waals surface area contributed by atoms with Gasteiger partial charge in [0.2, 0.25) is 5.91 Å². The number of amides is 1. The van der Waals surface area contributed by atoms with Crippen molar-refractivity contribution in [2.75, 3.05) is 18.2 Å². The van der Waals surface area contributed by atoms with E-state index in [0.29, 0.717) is 10.9 Å². The lowest BCUT2D eigenvalue weighted by molar-refractivity contribution is -0.113. The van der Waals surface area contributed by atoms with Crippen LogP contribution in [-0.2, 0) is 9.53 Å². The number of carbonyl (C=O) groups is 2. The summed E-state index contributed by atoms with van der Waals surface area (Å²) < 4.78 is 4.75. The number of aliphatic imine (C=N–C) groups is 2. The smallest absolute Gasteiger partial charge is 0.339 e. The molecule has 1 atom stereocenters. The molecule has 0 bridgehead atoms. The number of carbonyl (C=O) groups excluding carboxylic acids is 2. The first kappa shape index (κ1) is 20.5. The number of hydrogen-bond donors (Lipinski definition) is 4. The van der Waals surface area contributed by atoms with Crippen molar-refractivity contribution >= 4 is 51.4 Å². The summed E-state index contributed by atoms with van der Waals surface area (Å²) in [6.07, 6.45) is 1.35. The van der Waals surface area contributed by atoms with Crippen molar-refractivity contribution in [3.05, 3.63) is 65.9 Å². The monoisotopic (exact) mass is 436 g/mol. The molecule has 2 aromatic carbocycles. The van der Waals surface area contributed by atoms with Gasteiger partial charge in [0.05, 0.1) is 24.1 Å². The molecule has 5 N–H and O–H groups in total. The predicted molar refractivity (Wildman–Crippen MR) is 122 cm³/mol. The molecule has 1 aromatic heterocycles. The Kier molecular flexibility index (Phi) is 5.89. The van der Waals surface area contributed by atoms with Crippen LogP contribution in [0.3, 0.4) is 0 Å². The minimum atomic E-state index is -0.521. The van der Waals surface area contributed by atoms with Crippen LogP contribution in [0.2, 0.25) is 0 Å². The number of nitrogens with zero attached hydrogens (tertiary/aromatic N) is 2. The van der Waals surface area contributed by atoms with E-state index < -0.39 is 12.1 Å². The van der Waals surface area contributed by atoms with Crippen molar-refractivity contribution in [3.63, 3.8) is 0 Å². The predicted octanol–water partition coefficient (Wildman–Crippen LogP) is 2.60. The Labute approximate surface area is 182 Å². The topological polar surface area (TPSA) is 134 Å². The second-order valence-corrected chi connectivity index (χ2v) is 7.57. The highest BCUT2D eigenvalue weighted by molar-refractivity contribution is 8.14. The molecule has 9 nitrogen and oxygen atoms in total. The van der Waals surface area contributed by atoms with E-state index in [1.54, 1.807) is 24.3 Å². The zero-order chi connectivity index (χ0) is 21.8. The average molecular weight is 436 g/mol. The molecule has 0 fully saturated rings. The molecule has 0 radical (unpaired) electrons. The Hall–Kier alpha value is -3.79. The number of methoxy groups -OCH3 is 1. The summed E-state index contributed by atoms with van der Waals surface area (Å²) in [5, 5.41) is 7.12. The molecule has 31 heavy (non-hydrogen) atoms. The number of aromatic nitrogens is 1. The van der Waals surface area contributed by atoms with Crippen LogP contribution in [0.25, 0.3) is 10.9 Å². The Morgan fingerprint density at radius 2 is 1.94 bits per heavy atom. The number of nitrogens with two attached hydrogens (primary N) is 1. The number of esters is 1. The molecule has 0 spiro atoms. The molecule has 3 aromatic rings. The number of H-pyrrole nitrogens is 1. The normalized spacial score (nSPS) is 15.6. The fraction of sp³-hybridized carbons (Fsp3) is 0.143. The standard InChI is InChI=1S/C21H20N6O3S/c1-30-19(29)13-7-3-5-9-16(13)24-17(28)11-31-21-26-18(25-20(22)27-21)14-10-23-15-8-4-2-6-12(14)15/h2-10,18,23H,11H2,1H3,(H,24,28)(H3,22,25,26,27). The summed E-state index contributed by atoms with van der Waals surface area (Å²) in [6.45, 7) is 0. The number of benzene rings is 2. The number of anilines is 1. The fourth-order valence-corrected chi connectivity index (χ4v) is 3.86. The number of para-hydroxylation sites is 2. The number of amidine groups is 1. The number of fused-ring (bicyclic) bond motifs is 1. The zero-order valence-corrected chi connectivity index (χ0v) is 17.4. The number of aromatic amines is 1. The number of ether oxygens (including phenoxy) is 1. The van der Waals surface area contributed by atoms with Gasteiger partial charge in [-0.1, -0.05) is 42.1 Å². The van der Waals surface area contributed by atoms with Crippen LogP contribution in [0.5, 0.6) is 0 Å². The van der Waals surface area contributed by atoms with Crippen molar-refractivity contribution in [1.29, 1.82) is 0 Å². The van der Waals surface area contributed by atoms with E-state index in [4.69, 9.17) is 10.5 Å².